The minimum atomic E-state index is -3.34. The van der Waals surface area contributed by atoms with Crippen molar-refractivity contribution in [3.8, 4) is 0 Å². The predicted molar refractivity (Wildman–Crippen MR) is 135 cm³/mol. The largest absolute Gasteiger partial charge is 0.478 e. The molecule has 0 aliphatic heterocycles. The van der Waals surface area contributed by atoms with Gasteiger partial charge >= 0.3 is 11.9 Å². The first-order valence-electron chi connectivity index (χ1n) is 10.6. The number of carboxylic acid groups (broad SMARTS) is 1. The molecular formula is C26H22ClFN2O7. The molecule has 3 aromatic carbocycles. The Labute approximate surface area is 214 Å². The molecule has 0 aliphatic rings. The quantitative estimate of drug-likeness (QED) is 0.114. The zero-order chi connectivity index (χ0) is 27.2. The monoisotopic (exact) mass is 528 g/mol. The zero-order valence-corrected chi connectivity index (χ0v) is 19.8. The summed E-state index contributed by atoms with van der Waals surface area (Å²) in [5, 5.41) is 61.7. The van der Waals surface area contributed by atoms with Crippen molar-refractivity contribution in [1.82, 2.24) is 10.2 Å². The summed E-state index contributed by atoms with van der Waals surface area (Å²) in [6, 6.07) is 15.0. The lowest BCUT2D eigenvalue weighted by atomic mass is 9.87. The zero-order valence-electron chi connectivity index (χ0n) is 19.0. The second-order valence-electron chi connectivity index (χ2n) is 7.62. The van der Waals surface area contributed by atoms with Crippen LogP contribution in [-0.4, -0.2) is 59.6 Å². The highest BCUT2D eigenvalue weighted by atomic mass is 35.5. The van der Waals surface area contributed by atoms with Crippen molar-refractivity contribution in [3.05, 3.63) is 106 Å². The number of H-pyrrole nitrogens is 1. The highest BCUT2D eigenvalue weighted by Crippen LogP contribution is 2.40. The van der Waals surface area contributed by atoms with Crippen LogP contribution in [0.4, 0.5) is 4.39 Å². The number of nitrogens with zero attached hydrogens (tertiary/aromatic N) is 1. The predicted octanol–water partition coefficient (Wildman–Crippen LogP) is 2.97. The van der Waals surface area contributed by atoms with Crippen molar-refractivity contribution in [2.45, 2.75) is 5.97 Å². The summed E-state index contributed by atoms with van der Waals surface area (Å²) < 4.78 is 13.7. The van der Waals surface area contributed by atoms with E-state index in [1.165, 1.54) is 12.1 Å². The van der Waals surface area contributed by atoms with E-state index in [-0.39, 0.29) is 21.7 Å². The minimum Gasteiger partial charge on any atom is -0.478 e. The van der Waals surface area contributed by atoms with Gasteiger partial charge < -0.3 is 30.6 Å². The summed E-state index contributed by atoms with van der Waals surface area (Å²) in [6.07, 6.45) is 3.98. The fraction of sp³-hybridized carbons (Fsp3) is 0.0769. The number of aromatic amines is 1. The van der Waals surface area contributed by atoms with E-state index >= 15 is 0 Å². The second-order valence-corrected chi connectivity index (χ2v) is 8.02. The van der Waals surface area contributed by atoms with E-state index in [0.717, 1.165) is 29.1 Å². The summed E-state index contributed by atoms with van der Waals surface area (Å²) in [4.78, 5) is 10.8. The number of carboxylic acids is 1. The van der Waals surface area contributed by atoms with Gasteiger partial charge in [-0.25, -0.2) is 9.18 Å². The van der Waals surface area contributed by atoms with Gasteiger partial charge in [0.15, 0.2) is 0 Å². The molecule has 0 amide bonds. The van der Waals surface area contributed by atoms with Gasteiger partial charge in [0.05, 0.1) is 22.3 Å². The number of aliphatic hydroxyl groups excluding tert-OH is 1. The molecule has 1 heterocycles. The van der Waals surface area contributed by atoms with E-state index in [4.69, 9.17) is 26.9 Å². The molecule has 0 radical (unpaired) electrons. The lowest BCUT2D eigenvalue weighted by molar-refractivity contribution is -0.263. The molecule has 11 heteroatoms. The van der Waals surface area contributed by atoms with Crippen molar-refractivity contribution in [2.24, 2.45) is 0 Å². The Balaban J connectivity index is 0.00000121. The van der Waals surface area contributed by atoms with Gasteiger partial charge in [0.2, 0.25) is 0 Å². The van der Waals surface area contributed by atoms with Crippen molar-refractivity contribution < 1.29 is 39.8 Å². The van der Waals surface area contributed by atoms with Crippen molar-refractivity contribution in [3.63, 3.8) is 0 Å². The maximum absolute atomic E-state index is 13.7. The van der Waals surface area contributed by atoms with E-state index in [1.807, 2.05) is 0 Å². The van der Waals surface area contributed by atoms with E-state index in [1.54, 1.807) is 48.7 Å². The average molecular weight is 529 g/mol. The van der Waals surface area contributed by atoms with Crippen molar-refractivity contribution >= 4 is 45.7 Å². The molecule has 0 spiro atoms. The maximum Gasteiger partial charge on any atom is 0.328 e. The molecule has 0 unspecified atom stereocenters. The molecule has 0 saturated carbocycles. The minimum absolute atomic E-state index is 0.00714. The first kappa shape index (κ1) is 27.7. The van der Waals surface area contributed by atoms with Crippen molar-refractivity contribution in [2.75, 3.05) is 6.79 Å². The van der Waals surface area contributed by atoms with Crippen LogP contribution in [0.1, 0.15) is 22.3 Å². The Morgan fingerprint density at radius 3 is 2.24 bits per heavy atom. The highest BCUT2D eigenvalue weighted by molar-refractivity contribution is 6.33. The van der Waals surface area contributed by atoms with E-state index in [2.05, 4.69) is 10.2 Å². The molecule has 1 aromatic heterocycles. The second kappa shape index (κ2) is 11.9. The van der Waals surface area contributed by atoms with Crippen LogP contribution < -0.4 is 0 Å². The van der Waals surface area contributed by atoms with E-state index in [9.17, 15) is 24.5 Å². The molecule has 4 rings (SSSR count). The number of aliphatic carboxylic acids is 1. The van der Waals surface area contributed by atoms with Crippen molar-refractivity contribution in [1.29, 1.82) is 0 Å². The lowest BCUT2D eigenvalue weighted by Crippen LogP contribution is -2.30. The SMILES string of the molecule is O=C(O)/C=C/c1ccc(/C(=C(\c2ccc(F)cc2Cl)C(O)(O)O)c2ccc3[nH]ncc3c2)cc1.OCO. The van der Waals surface area contributed by atoms with Crippen LogP contribution in [0, 0.1) is 5.82 Å². The molecule has 7 N–H and O–H groups in total. The Bertz CT molecular complexity index is 1460. The third kappa shape index (κ3) is 6.86. The maximum atomic E-state index is 13.7. The van der Waals surface area contributed by atoms with Gasteiger partial charge in [-0.15, -0.1) is 0 Å². The molecule has 9 nitrogen and oxygen atoms in total. The number of aromatic nitrogens is 2. The normalized spacial score (nSPS) is 12.3. The Morgan fingerprint density at radius 2 is 1.65 bits per heavy atom. The number of nitrogens with one attached hydrogen (secondary N) is 1. The van der Waals surface area contributed by atoms with Gasteiger partial charge in [0, 0.05) is 22.6 Å². The van der Waals surface area contributed by atoms with Crippen LogP contribution in [-0.2, 0) is 4.79 Å². The summed E-state index contributed by atoms with van der Waals surface area (Å²) in [5.41, 5.74) is 2.11. The lowest BCUT2D eigenvalue weighted by Gasteiger charge is -2.25. The van der Waals surface area contributed by atoms with Crippen LogP contribution >= 0.6 is 11.6 Å². The van der Waals surface area contributed by atoms with Gasteiger partial charge in [-0.05, 0) is 53.1 Å². The molecule has 0 saturated heterocycles. The molecule has 37 heavy (non-hydrogen) atoms. The average Bonchev–Trinajstić information content (AvgIpc) is 3.30. The molecule has 192 valence electrons. The highest BCUT2D eigenvalue weighted by Gasteiger charge is 2.33. The van der Waals surface area contributed by atoms with E-state index < -0.39 is 24.6 Å². The molecular weight excluding hydrogens is 507 g/mol. The fourth-order valence-electron chi connectivity index (χ4n) is 3.66. The topological polar surface area (TPSA) is 167 Å². The van der Waals surface area contributed by atoms with Gasteiger partial charge in [-0.3, -0.25) is 5.10 Å². The molecule has 0 atom stereocenters. The number of rotatable bonds is 6. The third-order valence-electron chi connectivity index (χ3n) is 5.13. The number of carbonyl (C=O) groups is 1. The summed E-state index contributed by atoms with van der Waals surface area (Å²) in [5.74, 6) is -5.08. The number of hydrogen-bond donors (Lipinski definition) is 7. The Hall–Kier alpha value is -3.90. The Morgan fingerprint density at radius 1 is 1.00 bits per heavy atom. The van der Waals surface area contributed by atoms with Crippen LogP contribution in [0.5, 0.6) is 0 Å². The number of fused-ring (bicyclic) bond motifs is 1. The first-order chi connectivity index (χ1) is 17.5. The summed E-state index contributed by atoms with van der Waals surface area (Å²) in [7, 11) is 0. The van der Waals surface area contributed by atoms with Gasteiger partial charge in [-0.2, -0.15) is 5.10 Å². The number of hydrogen-bond acceptors (Lipinski definition) is 7. The molecule has 0 aliphatic carbocycles. The smallest absolute Gasteiger partial charge is 0.328 e. The van der Waals surface area contributed by atoms with Gasteiger partial charge in [-0.1, -0.05) is 41.9 Å². The summed E-state index contributed by atoms with van der Waals surface area (Å²) in [6.45, 7) is -0.750. The molecule has 4 aromatic rings. The third-order valence-corrected chi connectivity index (χ3v) is 5.45. The Kier molecular flexibility index (Phi) is 8.90. The molecule has 0 bridgehead atoms. The standard InChI is InChI=1S/C25H18ClFN2O5.CH4O2/c26-20-12-18(27)7-8-19(20)24(25(32,33)34)23(16-6-9-21-17(11-16)13-28-29-21)15-4-1-14(2-5-15)3-10-22(30)31;2-1-3/h1-13,32-34H,(H,28,29)(H,30,31);2-3H,1H2/b10-3+,24-23-;. The number of benzene rings is 3. The van der Waals surface area contributed by atoms with Crippen LogP contribution in [0.15, 0.2) is 72.9 Å². The van der Waals surface area contributed by atoms with E-state index in [0.29, 0.717) is 16.7 Å². The first-order valence-corrected chi connectivity index (χ1v) is 11.0. The van der Waals surface area contributed by atoms with Crippen LogP contribution in [0.2, 0.25) is 5.02 Å². The number of aliphatic hydroxyl groups is 5. The van der Waals surface area contributed by atoms with Gasteiger partial charge in [0.1, 0.15) is 12.6 Å². The fourth-order valence-corrected chi connectivity index (χ4v) is 3.92. The van der Waals surface area contributed by atoms with Crippen LogP contribution in [0.3, 0.4) is 0 Å². The van der Waals surface area contributed by atoms with Gasteiger partial charge in [0.25, 0.3) is 0 Å². The summed E-state index contributed by atoms with van der Waals surface area (Å²) >= 11 is 6.24. The molecule has 0 fully saturated rings. The van der Waals surface area contributed by atoms with Crippen LogP contribution in [0.25, 0.3) is 28.1 Å². The number of halogens is 2.